The van der Waals surface area contributed by atoms with Crippen molar-refractivity contribution in [2.24, 2.45) is 0 Å². The number of benzene rings is 11. The maximum atomic E-state index is 6.61. The maximum absolute atomic E-state index is 6.61. The van der Waals surface area contributed by atoms with Crippen LogP contribution in [0.2, 0.25) is 0 Å². The summed E-state index contributed by atoms with van der Waals surface area (Å²) in [5.74, 6) is 0. The second-order valence-corrected chi connectivity index (χ2v) is 16.9. The van der Waals surface area contributed by atoms with Gasteiger partial charge in [0.1, 0.15) is 11.2 Å². The SMILES string of the molecule is c1ccc(-c2ccc3c(c2)c2cc(-c4ccccc4)ccc2n3-c2cccc(N(c3ccc(-c4cccc5ccccc45)cc3)c3ccc4oc5c6ccccc6ccc5c4c3)c2)cc1. The molecule has 0 aliphatic heterocycles. The van der Waals surface area contributed by atoms with E-state index in [0.29, 0.717) is 0 Å². The number of nitrogens with zero attached hydrogens (tertiary/aromatic N) is 2. The molecule has 13 rings (SSSR count). The van der Waals surface area contributed by atoms with Crippen molar-refractivity contribution in [3.8, 4) is 39.1 Å². The second-order valence-electron chi connectivity index (χ2n) is 16.9. The van der Waals surface area contributed by atoms with Gasteiger partial charge < -0.3 is 13.9 Å². The lowest BCUT2D eigenvalue weighted by molar-refractivity contribution is 0.672. The molecule has 0 aliphatic carbocycles. The molecule has 2 aromatic heterocycles. The number of aromatic nitrogens is 1. The van der Waals surface area contributed by atoms with Gasteiger partial charge in [-0.05, 0) is 128 Å². The van der Waals surface area contributed by atoms with E-state index in [9.17, 15) is 0 Å². The van der Waals surface area contributed by atoms with Gasteiger partial charge in [0, 0.05) is 49.7 Å². The first-order chi connectivity index (χ1) is 32.2. The number of hydrogen-bond acceptors (Lipinski definition) is 2. The van der Waals surface area contributed by atoms with Gasteiger partial charge >= 0.3 is 0 Å². The molecule has 0 saturated carbocycles. The minimum Gasteiger partial charge on any atom is -0.455 e. The average molecular weight is 829 g/mol. The first kappa shape index (κ1) is 36.9. The zero-order chi connectivity index (χ0) is 42.8. The molecule has 0 atom stereocenters. The molecule has 11 aromatic carbocycles. The Labute approximate surface area is 376 Å². The van der Waals surface area contributed by atoms with Gasteiger partial charge in [-0.15, -0.1) is 0 Å². The van der Waals surface area contributed by atoms with Gasteiger partial charge in [0.05, 0.1) is 11.0 Å². The van der Waals surface area contributed by atoms with Crippen molar-refractivity contribution in [3.05, 3.63) is 243 Å². The van der Waals surface area contributed by atoms with E-state index in [1.807, 2.05) is 0 Å². The van der Waals surface area contributed by atoms with Crippen LogP contribution in [0.4, 0.5) is 17.1 Å². The van der Waals surface area contributed by atoms with Crippen LogP contribution in [0.25, 0.3) is 104 Å². The highest BCUT2D eigenvalue weighted by Crippen LogP contribution is 2.43. The summed E-state index contributed by atoms with van der Waals surface area (Å²) in [5, 5.41) is 9.40. The molecule has 0 fully saturated rings. The lowest BCUT2D eigenvalue weighted by atomic mass is 9.98. The fourth-order valence-electron chi connectivity index (χ4n) is 10.0. The van der Waals surface area contributed by atoms with Crippen molar-refractivity contribution in [3.63, 3.8) is 0 Å². The van der Waals surface area contributed by atoms with Crippen LogP contribution >= 0.6 is 0 Å². The molecule has 13 aromatic rings. The van der Waals surface area contributed by atoms with E-state index in [1.165, 1.54) is 60.3 Å². The molecule has 0 saturated heterocycles. The van der Waals surface area contributed by atoms with Gasteiger partial charge in [-0.25, -0.2) is 0 Å². The smallest absolute Gasteiger partial charge is 0.143 e. The maximum Gasteiger partial charge on any atom is 0.143 e. The van der Waals surface area contributed by atoms with Gasteiger partial charge in [-0.3, -0.25) is 0 Å². The molecule has 0 unspecified atom stereocenters. The van der Waals surface area contributed by atoms with E-state index in [2.05, 4.69) is 252 Å². The van der Waals surface area contributed by atoms with E-state index in [1.54, 1.807) is 0 Å². The van der Waals surface area contributed by atoms with E-state index >= 15 is 0 Å². The largest absolute Gasteiger partial charge is 0.455 e. The van der Waals surface area contributed by atoms with Crippen LogP contribution in [0.3, 0.4) is 0 Å². The van der Waals surface area contributed by atoms with E-state index < -0.39 is 0 Å². The Bertz CT molecular complexity index is 3840. The molecule has 0 radical (unpaired) electrons. The zero-order valence-corrected chi connectivity index (χ0v) is 35.4. The number of furan rings is 1. The summed E-state index contributed by atoms with van der Waals surface area (Å²) in [5.41, 5.74) is 15.6. The Kier molecular flexibility index (Phi) is 8.53. The molecule has 0 aliphatic rings. The first-order valence-corrected chi connectivity index (χ1v) is 22.2. The van der Waals surface area contributed by atoms with Gasteiger partial charge in [-0.2, -0.15) is 0 Å². The quantitative estimate of drug-likeness (QED) is 0.160. The van der Waals surface area contributed by atoms with Gasteiger partial charge in [0.25, 0.3) is 0 Å². The third kappa shape index (κ3) is 6.20. The number of hydrogen-bond donors (Lipinski definition) is 0. The molecule has 65 heavy (non-hydrogen) atoms. The highest BCUT2D eigenvalue weighted by atomic mass is 16.3. The average Bonchev–Trinajstić information content (AvgIpc) is 3.92. The normalized spacial score (nSPS) is 11.7. The molecule has 0 amide bonds. The zero-order valence-electron chi connectivity index (χ0n) is 35.4. The molecule has 304 valence electrons. The second kappa shape index (κ2) is 15.0. The van der Waals surface area contributed by atoms with Crippen LogP contribution < -0.4 is 4.90 Å². The summed E-state index contributed by atoms with van der Waals surface area (Å²) in [7, 11) is 0. The number of rotatable bonds is 7. The van der Waals surface area contributed by atoms with Crippen LogP contribution in [0, 0.1) is 0 Å². The van der Waals surface area contributed by atoms with E-state index in [0.717, 1.165) is 61.1 Å². The fourth-order valence-corrected chi connectivity index (χ4v) is 10.0. The summed E-state index contributed by atoms with van der Waals surface area (Å²) >= 11 is 0. The molecular formula is C62H40N2O. The van der Waals surface area contributed by atoms with Crippen LogP contribution in [0.1, 0.15) is 0 Å². The number of anilines is 3. The summed E-state index contributed by atoms with van der Waals surface area (Å²) in [6.07, 6.45) is 0. The molecule has 0 bridgehead atoms. The van der Waals surface area contributed by atoms with Gasteiger partial charge in [0.2, 0.25) is 0 Å². The minimum absolute atomic E-state index is 0.870. The molecular weight excluding hydrogens is 789 g/mol. The highest BCUT2D eigenvalue weighted by molar-refractivity contribution is 6.16. The summed E-state index contributed by atoms with van der Waals surface area (Å²) < 4.78 is 9.04. The van der Waals surface area contributed by atoms with Crippen LogP contribution in [-0.4, -0.2) is 4.57 Å². The predicted octanol–water partition coefficient (Wildman–Crippen LogP) is 17.5. The molecule has 3 nitrogen and oxygen atoms in total. The van der Waals surface area contributed by atoms with E-state index in [4.69, 9.17) is 4.42 Å². The molecule has 0 N–H and O–H groups in total. The Morgan fingerprint density at radius 1 is 0.308 bits per heavy atom. The van der Waals surface area contributed by atoms with Crippen molar-refractivity contribution in [1.82, 2.24) is 4.57 Å². The van der Waals surface area contributed by atoms with Crippen molar-refractivity contribution in [2.75, 3.05) is 4.90 Å². The molecule has 3 heteroatoms. The first-order valence-electron chi connectivity index (χ1n) is 22.2. The van der Waals surface area contributed by atoms with E-state index in [-0.39, 0.29) is 0 Å². The lowest BCUT2D eigenvalue weighted by Crippen LogP contribution is -2.10. The predicted molar refractivity (Wildman–Crippen MR) is 274 cm³/mol. The third-order valence-electron chi connectivity index (χ3n) is 13.2. The van der Waals surface area contributed by atoms with Crippen molar-refractivity contribution in [1.29, 1.82) is 0 Å². The van der Waals surface area contributed by atoms with Crippen LogP contribution in [0.15, 0.2) is 247 Å². The third-order valence-corrected chi connectivity index (χ3v) is 13.2. The van der Waals surface area contributed by atoms with Crippen LogP contribution in [-0.2, 0) is 0 Å². The summed E-state index contributed by atoms with van der Waals surface area (Å²) in [6, 6.07) is 87.8. The standard InChI is InChI=1S/C62H40N2O/c1-3-13-41(14-4-1)46-28-34-59-56(37-46)57-38-47(42-15-5-2-6-16-42)29-35-60(57)64(59)50-21-12-20-49(39-50)63(48-30-25-45(26-31-48)53-24-11-19-43-17-7-9-22-52(43)53)51-32-36-61-58(40-51)55-33-27-44-18-8-10-23-54(44)62(55)65-61/h1-40H. The van der Waals surface area contributed by atoms with Crippen molar-refractivity contribution >= 4 is 82.4 Å². The Balaban J connectivity index is 1.00. The Hall–Kier alpha value is -8.66. The summed E-state index contributed by atoms with van der Waals surface area (Å²) in [6.45, 7) is 0. The van der Waals surface area contributed by atoms with Crippen LogP contribution in [0.5, 0.6) is 0 Å². The summed E-state index contributed by atoms with van der Waals surface area (Å²) in [4.78, 5) is 2.38. The molecule has 2 heterocycles. The van der Waals surface area contributed by atoms with Crippen molar-refractivity contribution in [2.45, 2.75) is 0 Å². The van der Waals surface area contributed by atoms with Gasteiger partial charge in [-0.1, -0.05) is 164 Å². The van der Waals surface area contributed by atoms with Crippen molar-refractivity contribution < 1.29 is 4.42 Å². The minimum atomic E-state index is 0.870. The lowest BCUT2D eigenvalue weighted by Gasteiger charge is -2.26. The van der Waals surface area contributed by atoms with Gasteiger partial charge in [0.15, 0.2) is 0 Å². The monoisotopic (exact) mass is 828 g/mol. The highest BCUT2D eigenvalue weighted by Gasteiger charge is 2.20. The topological polar surface area (TPSA) is 21.3 Å². The fraction of sp³-hybridized carbons (Fsp3) is 0. The Morgan fingerprint density at radius 2 is 0.877 bits per heavy atom. The number of fused-ring (bicyclic) bond motifs is 9. The molecule has 0 spiro atoms. The Morgan fingerprint density at radius 3 is 1.58 bits per heavy atom.